The second-order valence-electron chi connectivity index (χ2n) is 7.53. The number of hydrogen-bond donors (Lipinski definition) is 2. The number of rotatable bonds is 9. The van der Waals surface area contributed by atoms with Gasteiger partial charge in [-0.1, -0.05) is 85.8 Å². The van der Waals surface area contributed by atoms with E-state index in [9.17, 15) is 19.8 Å². The van der Waals surface area contributed by atoms with Gasteiger partial charge in [0.25, 0.3) is 0 Å². The summed E-state index contributed by atoms with van der Waals surface area (Å²) in [6.45, 7) is 2.12. The number of hydrogen-bond acceptors (Lipinski definition) is 2. The number of carbonyl (C=O) groups is 2. The van der Waals surface area contributed by atoms with Crippen molar-refractivity contribution in [1.82, 2.24) is 0 Å². The SMILES string of the molecule is CCc1ccc(-c2ccc(C[C@H](C(=O)O)[C@H](Cc3ccccc3)C(=O)O)cc2)cc1. The first-order chi connectivity index (χ1) is 14.5. The van der Waals surface area contributed by atoms with Crippen LogP contribution in [0.5, 0.6) is 0 Å². The molecule has 4 nitrogen and oxygen atoms in total. The molecule has 0 aliphatic carbocycles. The molecule has 154 valence electrons. The van der Waals surface area contributed by atoms with Gasteiger partial charge in [-0.05, 0) is 47.1 Å². The van der Waals surface area contributed by atoms with Crippen LogP contribution in [0.25, 0.3) is 11.1 Å². The molecule has 0 radical (unpaired) electrons. The molecule has 0 aromatic heterocycles. The van der Waals surface area contributed by atoms with E-state index in [4.69, 9.17) is 0 Å². The molecule has 0 fully saturated rings. The van der Waals surface area contributed by atoms with Crippen LogP contribution >= 0.6 is 0 Å². The van der Waals surface area contributed by atoms with E-state index in [2.05, 4.69) is 31.2 Å². The Labute approximate surface area is 176 Å². The Kier molecular flexibility index (Phi) is 7.02. The van der Waals surface area contributed by atoms with E-state index >= 15 is 0 Å². The summed E-state index contributed by atoms with van der Waals surface area (Å²) < 4.78 is 0. The van der Waals surface area contributed by atoms with Crippen molar-refractivity contribution in [1.29, 1.82) is 0 Å². The van der Waals surface area contributed by atoms with Crippen LogP contribution in [0.2, 0.25) is 0 Å². The van der Waals surface area contributed by atoms with E-state index in [0.29, 0.717) is 0 Å². The van der Waals surface area contributed by atoms with Crippen LogP contribution in [-0.4, -0.2) is 22.2 Å². The number of carboxylic acid groups (broad SMARTS) is 2. The lowest BCUT2D eigenvalue weighted by Gasteiger charge is -2.21. The first-order valence-electron chi connectivity index (χ1n) is 10.2. The van der Waals surface area contributed by atoms with Crippen molar-refractivity contribution in [2.45, 2.75) is 26.2 Å². The lowest BCUT2D eigenvalue weighted by Crippen LogP contribution is -2.33. The summed E-state index contributed by atoms with van der Waals surface area (Å²) in [6.07, 6.45) is 1.35. The predicted molar refractivity (Wildman–Crippen MR) is 117 cm³/mol. The van der Waals surface area contributed by atoms with Gasteiger partial charge in [-0.2, -0.15) is 0 Å². The molecule has 0 bridgehead atoms. The monoisotopic (exact) mass is 402 g/mol. The summed E-state index contributed by atoms with van der Waals surface area (Å²) in [7, 11) is 0. The minimum Gasteiger partial charge on any atom is -0.481 e. The molecule has 3 aromatic carbocycles. The Morgan fingerprint density at radius 2 is 1.03 bits per heavy atom. The van der Waals surface area contributed by atoms with Gasteiger partial charge < -0.3 is 10.2 Å². The second kappa shape index (κ2) is 9.88. The van der Waals surface area contributed by atoms with Crippen LogP contribution in [0.15, 0.2) is 78.9 Å². The Morgan fingerprint density at radius 3 is 1.43 bits per heavy atom. The minimum absolute atomic E-state index is 0.175. The van der Waals surface area contributed by atoms with Crippen molar-refractivity contribution in [2.24, 2.45) is 11.8 Å². The number of aliphatic carboxylic acids is 2. The van der Waals surface area contributed by atoms with Crippen molar-refractivity contribution < 1.29 is 19.8 Å². The van der Waals surface area contributed by atoms with E-state index < -0.39 is 23.8 Å². The lowest BCUT2D eigenvalue weighted by atomic mass is 9.82. The van der Waals surface area contributed by atoms with Gasteiger partial charge in [0, 0.05) is 0 Å². The third kappa shape index (κ3) is 5.35. The van der Waals surface area contributed by atoms with Crippen LogP contribution in [0.3, 0.4) is 0 Å². The zero-order valence-corrected chi connectivity index (χ0v) is 17.0. The van der Waals surface area contributed by atoms with Crippen molar-refractivity contribution >= 4 is 11.9 Å². The fourth-order valence-electron chi connectivity index (χ4n) is 3.69. The van der Waals surface area contributed by atoms with Crippen LogP contribution < -0.4 is 0 Å². The second-order valence-corrected chi connectivity index (χ2v) is 7.53. The topological polar surface area (TPSA) is 74.6 Å². The zero-order valence-electron chi connectivity index (χ0n) is 17.0. The van der Waals surface area contributed by atoms with Gasteiger partial charge in [-0.3, -0.25) is 9.59 Å². The van der Waals surface area contributed by atoms with Gasteiger partial charge in [0.15, 0.2) is 0 Å². The number of aryl methyl sites for hydroxylation is 1. The smallest absolute Gasteiger partial charge is 0.307 e. The highest BCUT2D eigenvalue weighted by Crippen LogP contribution is 2.25. The lowest BCUT2D eigenvalue weighted by molar-refractivity contribution is -0.153. The van der Waals surface area contributed by atoms with E-state index in [1.54, 1.807) is 0 Å². The molecule has 30 heavy (non-hydrogen) atoms. The molecule has 2 N–H and O–H groups in total. The van der Waals surface area contributed by atoms with E-state index in [1.165, 1.54) is 5.56 Å². The third-order valence-electron chi connectivity index (χ3n) is 5.52. The highest BCUT2D eigenvalue weighted by Gasteiger charge is 2.34. The predicted octanol–water partition coefficient (Wildman–Crippen LogP) is 5.10. The summed E-state index contributed by atoms with van der Waals surface area (Å²) in [5.41, 5.74) is 5.06. The normalized spacial score (nSPS) is 12.8. The largest absolute Gasteiger partial charge is 0.481 e. The molecule has 2 atom stereocenters. The molecule has 3 rings (SSSR count). The van der Waals surface area contributed by atoms with Crippen molar-refractivity contribution in [3.8, 4) is 11.1 Å². The molecule has 0 aliphatic rings. The summed E-state index contributed by atoms with van der Waals surface area (Å²) in [4.78, 5) is 23.8. The molecule has 3 aromatic rings. The molecule has 0 unspecified atom stereocenters. The molecule has 0 spiro atoms. The molecule has 0 aliphatic heterocycles. The Morgan fingerprint density at radius 1 is 0.633 bits per heavy atom. The summed E-state index contributed by atoms with van der Waals surface area (Å²) in [5.74, 6) is -4.17. The molecular weight excluding hydrogens is 376 g/mol. The molecule has 0 saturated heterocycles. The van der Waals surface area contributed by atoms with Crippen LogP contribution in [0.4, 0.5) is 0 Å². The standard InChI is InChI=1S/C26H26O4/c1-2-18-8-12-21(13-9-18)22-14-10-20(11-15-22)17-24(26(29)30)23(25(27)28)16-19-6-4-3-5-7-19/h3-15,23-24H,2,16-17H2,1H3,(H,27,28)(H,29,30)/t23-,24-/m0/s1. The van der Waals surface area contributed by atoms with E-state index in [-0.39, 0.29) is 12.8 Å². The van der Waals surface area contributed by atoms with E-state index in [0.717, 1.165) is 28.7 Å². The molecular formula is C26H26O4. The van der Waals surface area contributed by atoms with Crippen molar-refractivity contribution in [3.63, 3.8) is 0 Å². The molecule has 0 heterocycles. The Bertz CT molecular complexity index is 976. The van der Waals surface area contributed by atoms with E-state index in [1.807, 2.05) is 54.6 Å². The maximum Gasteiger partial charge on any atom is 0.307 e. The molecule has 4 heteroatoms. The van der Waals surface area contributed by atoms with Crippen molar-refractivity contribution in [2.75, 3.05) is 0 Å². The van der Waals surface area contributed by atoms with Gasteiger partial charge >= 0.3 is 11.9 Å². The fraction of sp³-hybridized carbons (Fsp3) is 0.231. The van der Waals surface area contributed by atoms with Crippen LogP contribution in [0, 0.1) is 11.8 Å². The summed E-state index contributed by atoms with van der Waals surface area (Å²) in [5, 5.41) is 19.5. The molecule has 0 saturated carbocycles. The van der Waals surface area contributed by atoms with Gasteiger partial charge in [0.2, 0.25) is 0 Å². The minimum atomic E-state index is -1.09. The zero-order chi connectivity index (χ0) is 21.5. The maximum atomic E-state index is 11.9. The van der Waals surface area contributed by atoms with Gasteiger partial charge in [-0.25, -0.2) is 0 Å². The maximum absolute atomic E-state index is 11.9. The fourth-order valence-corrected chi connectivity index (χ4v) is 3.69. The average Bonchev–Trinajstić information content (AvgIpc) is 2.77. The number of benzene rings is 3. The highest BCUT2D eigenvalue weighted by molar-refractivity contribution is 5.80. The quantitative estimate of drug-likeness (QED) is 0.522. The summed E-state index contributed by atoms with van der Waals surface area (Å²) in [6, 6.07) is 25.2. The highest BCUT2D eigenvalue weighted by atomic mass is 16.4. The average molecular weight is 402 g/mol. The van der Waals surface area contributed by atoms with Crippen molar-refractivity contribution in [3.05, 3.63) is 95.6 Å². The Hall–Kier alpha value is -3.40. The van der Waals surface area contributed by atoms with Crippen LogP contribution in [-0.2, 0) is 28.9 Å². The van der Waals surface area contributed by atoms with Gasteiger partial charge in [0.05, 0.1) is 11.8 Å². The first kappa shape index (κ1) is 21.3. The number of carboxylic acids is 2. The van der Waals surface area contributed by atoms with Crippen LogP contribution in [0.1, 0.15) is 23.6 Å². The third-order valence-corrected chi connectivity index (χ3v) is 5.52. The van der Waals surface area contributed by atoms with Gasteiger partial charge in [-0.15, -0.1) is 0 Å². The first-order valence-corrected chi connectivity index (χ1v) is 10.2. The summed E-state index contributed by atoms with van der Waals surface area (Å²) >= 11 is 0. The molecule has 0 amide bonds. The van der Waals surface area contributed by atoms with Gasteiger partial charge in [0.1, 0.15) is 0 Å². The Balaban J connectivity index is 1.78.